The van der Waals surface area contributed by atoms with Crippen molar-refractivity contribution in [2.75, 3.05) is 11.4 Å². The molecule has 1 atom stereocenters. The topological polar surface area (TPSA) is 56.4 Å². The van der Waals surface area contributed by atoms with Crippen LogP contribution in [0.1, 0.15) is 17.7 Å². The molecule has 2 amide bonds. The summed E-state index contributed by atoms with van der Waals surface area (Å²) in [4.78, 5) is 32.6. The number of halogens is 1. The van der Waals surface area contributed by atoms with Gasteiger partial charge in [0.05, 0.1) is 23.7 Å². The Morgan fingerprint density at radius 2 is 1.85 bits per heavy atom. The minimum absolute atomic E-state index is 0.115. The molecular formula is C21H18BrN3O2. The zero-order valence-electron chi connectivity index (χ0n) is 14.6. The van der Waals surface area contributed by atoms with Gasteiger partial charge in [0, 0.05) is 35.1 Å². The molecule has 3 heterocycles. The summed E-state index contributed by atoms with van der Waals surface area (Å²) >= 11 is 3.61. The molecule has 0 bridgehead atoms. The Morgan fingerprint density at radius 3 is 2.67 bits per heavy atom. The van der Waals surface area contributed by atoms with Gasteiger partial charge in [-0.05, 0) is 39.7 Å². The van der Waals surface area contributed by atoms with Crippen LogP contribution in [0, 0.1) is 0 Å². The van der Waals surface area contributed by atoms with Gasteiger partial charge in [-0.1, -0.05) is 30.3 Å². The summed E-state index contributed by atoms with van der Waals surface area (Å²) in [6.07, 6.45) is 1.09. The van der Waals surface area contributed by atoms with Gasteiger partial charge in [0.25, 0.3) is 5.91 Å². The maximum Gasteiger partial charge on any atom is 0.251 e. The maximum atomic E-state index is 13.0. The van der Waals surface area contributed by atoms with Gasteiger partial charge in [0.1, 0.15) is 0 Å². The molecule has 0 saturated carbocycles. The minimum atomic E-state index is -0.386. The average molecular weight is 424 g/mol. The van der Waals surface area contributed by atoms with Gasteiger partial charge < -0.3 is 4.98 Å². The molecule has 136 valence electrons. The molecule has 1 N–H and O–H groups in total. The lowest BCUT2D eigenvalue weighted by Crippen LogP contribution is -2.44. The molecule has 0 radical (unpaired) electrons. The predicted molar refractivity (Wildman–Crippen MR) is 107 cm³/mol. The number of aromatic nitrogens is 1. The van der Waals surface area contributed by atoms with Gasteiger partial charge in [0.2, 0.25) is 5.91 Å². The van der Waals surface area contributed by atoms with E-state index in [0.29, 0.717) is 12.2 Å². The minimum Gasteiger partial charge on any atom is -0.357 e. The first-order chi connectivity index (χ1) is 13.1. The van der Waals surface area contributed by atoms with Crippen LogP contribution in [0.2, 0.25) is 0 Å². The number of hydrogen-bond donors (Lipinski definition) is 1. The van der Waals surface area contributed by atoms with E-state index in [2.05, 4.69) is 31.9 Å². The Balaban J connectivity index is 1.45. The second kappa shape index (κ2) is 6.32. The number of para-hydroxylation sites is 2. The maximum absolute atomic E-state index is 13.0. The van der Waals surface area contributed by atoms with Crippen molar-refractivity contribution < 1.29 is 9.59 Å². The first-order valence-electron chi connectivity index (χ1n) is 9.07. The fourth-order valence-corrected chi connectivity index (χ4v) is 4.70. The molecule has 1 unspecified atom stereocenters. The normalized spacial score (nSPS) is 20.5. The molecule has 5 rings (SSSR count). The highest BCUT2D eigenvalue weighted by Gasteiger charge is 2.43. The van der Waals surface area contributed by atoms with Crippen LogP contribution in [-0.4, -0.2) is 34.3 Å². The fourth-order valence-electron chi connectivity index (χ4n) is 4.24. The van der Waals surface area contributed by atoms with Crippen LogP contribution in [0.4, 0.5) is 5.69 Å². The highest BCUT2D eigenvalue weighted by molar-refractivity contribution is 9.10. The molecule has 3 aromatic rings. The second-order valence-corrected chi connectivity index (χ2v) is 7.94. The number of imide groups is 1. The number of hydrogen-bond acceptors (Lipinski definition) is 3. The van der Waals surface area contributed by atoms with Crippen molar-refractivity contribution >= 4 is 44.3 Å². The van der Waals surface area contributed by atoms with Gasteiger partial charge in [-0.25, -0.2) is 4.90 Å². The molecule has 27 heavy (non-hydrogen) atoms. The number of carbonyl (C=O) groups is 2. The SMILES string of the molecule is O=C1CC(N2CCc3[nH]c4c(Br)cccc4c3C2)C(=O)N1c1ccccc1. The van der Waals surface area contributed by atoms with Gasteiger partial charge >= 0.3 is 0 Å². The van der Waals surface area contributed by atoms with E-state index in [4.69, 9.17) is 0 Å². The lowest BCUT2D eigenvalue weighted by Gasteiger charge is -2.31. The molecule has 5 nitrogen and oxygen atoms in total. The third-order valence-corrected chi connectivity index (χ3v) is 6.23. The zero-order chi connectivity index (χ0) is 18.5. The monoisotopic (exact) mass is 423 g/mol. The summed E-state index contributed by atoms with van der Waals surface area (Å²) in [5, 5.41) is 1.18. The van der Waals surface area contributed by atoms with Crippen LogP contribution in [0.15, 0.2) is 53.0 Å². The van der Waals surface area contributed by atoms with Crippen LogP contribution in [0.5, 0.6) is 0 Å². The van der Waals surface area contributed by atoms with Crippen molar-refractivity contribution in [3.8, 4) is 0 Å². The van der Waals surface area contributed by atoms with Gasteiger partial charge in [-0.2, -0.15) is 0 Å². The highest BCUT2D eigenvalue weighted by Crippen LogP contribution is 2.34. The second-order valence-electron chi connectivity index (χ2n) is 7.09. The molecule has 1 saturated heterocycles. The third-order valence-electron chi connectivity index (χ3n) is 5.57. The molecule has 0 aliphatic carbocycles. The van der Waals surface area contributed by atoms with Crippen molar-refractivity contribution in [3.63, 3.8) is 0 Å². The van der Waals surface area contributed by atoms with Crippen molar-refractivity contribution in [3.05, 3.63) is 64.3 Å². The highest BCUT2D eigenvalue weighted by atomic mass is 79.9. The number of fused-ring (bicyclic) bond motifs is 3. The Morgan fingerprint density at radius 1 is 1.04 bits per heavy atom. The Hall–Kier alpha value is -2.44. The molecule has 6 heteroatoms. The quantitative estimate of drug-likeness (QED) is 0.640. The van der Waals surface area contributed by atoms with Crippen LogP contribution in [0.3, 0.4) is 0 Å². The smallest absolute Gasteiger partial charge is 0.251 e. The van der Waals surface area contributed by atoms with Crippen molar-refractivity contribution in [1.29, 1.82) is 0 Å². The van der Waals surface area contributed by atoms with Crippen molar-refractivity contribution in [1.82, 2.24) is 9.88 Å². The number of amides is 2. The molecular weight excluding hydrogens is 406 g/mol. The summed E-state index contributed by atoms with van der Waals surface area (Å²) in [6, 6.07) is 15.0. The van der Waals surface area contributed by atoms with Crippen molar-refractivity contribution in [2.45, 2.75) is 25.4 Å². The van der Waals surface area contributed by atoms with Crippen LogP contribution in [0.25, 0.3) is 10.9 Å². The number of rotatable bonds is 2. The van der Waals surface area contributed by atoms with E-state index in [0.717, 1.165) is 23.0 Å². The Kier molecular flexibility index (Phi) is 3.91. The molecule has 1 fully saturated rings. The number of nitrogens with zero attached hydrogens (tertiary/aromatic N) is 2. The van der Waals surface area contributed by atoms with Crippen LogP contribution in [-0.2, 0) is 22.6 Å². The average Bonchev–Trinajstić information content (AvgIpc) is 3.20. The number of benzene rings is 2. The molecule has 1 aromatic heterocycles. The number of H-pyrrole nitrogens is 1. The van der Waals surface area contributed by atoms with Crippen LogP contribution >= 0.6 is 15.9 Å². The predicted octanol–water partition coefficient (Wildman–Crippen LogP) is 3.62. The summed E-state index contributed by atoms with van der Waals surface area (Å²) in [5.41, 5.74) is 4.22. The zero-order valence-corrected chi connectivity index (χ0v) is 16.2. The number of carbonyl (C=O) groups excluding carboxylic acids is 2. The Labute approximate surface area is 165 Å². The number of anilines is 1. The summed E-state index contributed by atoms with van der Waals surface area (Å²) in [7, 11) is 0. The van der Waals surface area contributed by atoms with E-state index in [-0.39, 0.29) is 24.3 Å². The molecule has 0 spiro atoms. The molecule has 2 aliphatic heterocycles. The van der Waals surface area contributed by atoms with E-state index < -0.39 is 0 Å². The lowest BCUT2D eigenvalue weighted by molar-refractivity contribution is -0.123. The first-order valence-corrected chi connectivity index (χ1v) is 9.86. The van der Waals surface area contributed by atoms with E-state index in [1.807, 2.05) is 42.5 Å². The van der Waals surface area contributed by atoms with E-state index >= 15 is 0 Å². The molecule has 2 aromatic carbocycles. The van der Waals surface area contributed by atoms with Gasteiger partial charge in [-0.15, -0.1) is 0 Å². The lowest BCUT2D eigenvalue weighted by atomic mass is 10.0. The van der Waals surface area contributed by atoms with Gasteiger partial charge in [0.15, 0.2) is 0 Å². The summed E-state index contributed by atoms with van der Waals surface area (Å²) in [5.74, 6) is -0.237. The molecule has 2 aliphatic rings. The van der Waals surface area contributed by atoms with Crippen molar-refractivity contribution in [2.24, 2.45) is 0 Å². The van der Waals surface area contributed by atoms with E-state index in [1.165, 1.54) is 21.5 Å². The Bertz CT molecular complexity index is 1060. The van der Waals surface area contributed by atoms with Crippen LogP contribution < -0.4 is 4.90 Å². The largest absolute Gasteiger partial charge is 0.357 e. The number of aromatic amines is 1. The fraction of sp³-hybridized carbons (Fsp3) is 0.238. The standard InChI is InChI=1S/C21H18BrN3O2/c22-16-8-4-7-14-15-12-24(10-9-17(15)23-20(14)16)18-11-19(26)25(21(18)27)13-5-2-1-3-6-13/h1-8,18,23H,9-12H2. The number of nitrogens with one attached hydrogen (secondary N) is 1. The van der Waals surface area contributed by atoms with E-state index in [9.17, 15) is 9.59 Å². The summed E-state index contributed by atoms with van der Waals surface area (Å²) < 4.78 is 1.04. The van der Waals surface area contributed by atoms with Gasteiger partial charge in [-0.3, -0.25) is 14.5 Å². The third kappa shape index (κ3) is 2.63. The first kappa shape index (κ1) is 16.7. The van der Waals surface area contributed by atoms with E-state index in [1.54, 1.807) is 0 Å². The summed E-state index contributed by atoms with van der Waals surface area (Å²) in [6.45, 7) is 1.45.